The summed E-state index contributed by atoms with van der Waals surface area (Å²) < 4.78 is 12.3. The van der Waals surface area contributed by atoms with E-state index < -0.39 is 11.9 Å². The smallest absolute Gasteiger partial charge is 0.255 e. The van der Waals surface area contributed by atoms with Crippen LogP contribution in [0.3, 0.4) is 0 Å². The topological polar surface area (TPSA) is 140 Å². The van der Waals surface area contributed by atoms with Gasteiger partial charge in [-0.05, 0) is 78.1 Å². The molecule has 1 atom stereocenters. The molecule has 11 nitrogen and oxygen atoms in total. The second kappa shape index (κ2) is 13.2. The number of fused-ring (bicyclic) bond motifs is 2. The predicted molar refractivity (Wildman–Crippen MR) is 181 cm³/mol. The number of piperidine rings is 1. The summed E-state index contributed by atoms with van der Waals surface area (Å²) in [6, 6.07) is 22.3. The SMILES string of the molecule is COc1ccc2nc(-c3ccc(-c4ccnc(NC(=O)CCCOc5ccc6c(c5)CN(C5CCC(=O)NC5=O)C6=O)c4)cc3)sc2c1. The molecule has 5 aromatic rings. The minimum atomic E-state index is -0.665. The van der Waals surface area contributed by atoms with Crippen LogP contribution in [-0.4, -0.2) is 58.3 Å². The molecule has 3 aromatic carbocycles. The van der Waals surface area contributed by atoms with Crippen molar-refractivity contribution in [2.75, 3.05) is 19.0 Å². The fraction of sp³-hybridized carbons (Fsp3) is 0.222. The maximum atomic E-state index is 12.9. The molecule has 1 unspecified atom stereocenters. The highest BCUT2D eigenvalue weighted by Crippen LogP contribution is 2.34. The van der Waals surface area contributed by atoms with Gasteiger partial charge in [-0.2, -0.15) is 0 Å². The first kappa shape index (κ1) is 31.0. The van der Waals surface area contributed by atoms with Crippen molar-refractivity contribution in [3.63, 3.8) is 0 Å². The summed E-state index contributed by atoms with van der Waals surface area (Å²) in [4.78, 5) is 60.0. The van der Waals surface area contributed by atoms with Crippen LogP contribution in [0.15, 0.2) is 79.0 Å². The van der Waals surface area contributed by atoms with E-state index in [4.69, 9.17) is 14.5 Å². The molecule has 2 N–H and O–H groups in total. The van der Waals surface area contributed by atoms with Gasteiger partial charge in [0.1, 0.15) is 28.4 Å². The van der Waals surface area contributed by atoms with Crippen molar-refractivity contribution in [2.24, 2.45) is 0 Å². The summed E-state index contributed by atoms with van der Waals surface area (Å²) in [5, 5.41) is 6.11. The molecule has 4 amide bonds. The van der Waals surface area contributed by atoms with Crippen molar-refractivity contribution >= 4 is 51.0 Å². The normalized spacial score (nSPS) is 15.7. The second-order valence-corrected chi connectivity index (χ2v) is 12.6. The van der Waals surface area contributed by atoms with Crippen molar-refractivity contribution < 1.29 is 28.7 Å². The Morgan fingerprint density at radius 1 is 0.979 bits per heavy atom. The van der Waals surface area contributed by atoms with Crippen LogP contribution in [0.5, 0.6) is 11.5 Å². The molecule has 0 saturated carbocycles. The quantitative estimate of drug-likeness (QED) is 0.146. The van der Waals surface area contributed by atoms with Gasteiger partial charge in [0.05, 0.1) is 23.9 Å². The number of carbonyl (C=O) groups excluding carboxylic acids is 4. The molecule has 242 valence electrons. The van der Waals surface area contributed by atoms with Gasteiger partial charge in [-0.1, -0.05) is 24.3 Å². The summed E-state index contributed by atoms with van der Waals surface area (Å²) in [6.07, 6.45) is 2.90. The molecular weight excluding hydrogens is 630 g/mol. The van der Waals surface area contributed by atoms with Gasteiger partial charge in [0, 0.05) is 36.7 Å². The van der Waals surface area contributed by atoms with E-state index in [0.29, 0.717) is 36.6 Å². The van der Waals surface area contributed by atoms with Crippen molar-refractivity contribution in [2.45, 2.75) is 38.3 Å². The first-order chi connectivity index (χ1) is 23.3. The number of anilines is 1. The van der Waals surface area contributed by atoms with Gasteiger partial charge >= 0.3 is 0 Å². The molecule has 1 fully saturated rings. The van der Waals surface area contributed by atoms with Gasteiger partial charge in [-0.15, -0.1) is 11.3 Å². The molecule has 0 aliphatic carbocycles. The molecule has 12 heteroatoms. The average Bonchev–Trinajstić information content (AvgIpc) is 3.67. The Morgan fingerprint density at radius 3 is 2.60 bits per heavy atom. The highest BCUT2D eigenvalue weighted by atomic mass is 32.1. The lowest BCUT2D eigenvalue weighted by molar-refractivity contribution is -0.137. The van der Waals surface area contributed by atoms with Gasteiger partial charge in [0.15, 0.2) is 0 Å². The third-order valence-electron chi connectivity index (χ3n) is 8.40. The second-order valence-electron chi connectivity index (χ2n) is 11.6. The number of nitrogens with zero attached hydrogens (tertiary/aromatic N) is 3. The minimum Gasteiger partial charge on any atom is -0.497 e. The van der Waals surface area contributed by atoms with Gasteiger partial charge < -0.3 is 19.7 Å². The Balaban J connectivity index is 0.902. The maximum absolute atomic E-state index is 12.9. The maximum Gasteiger partial charge on any atom is 0.255 e. The number of carbonyl (C=O) groups is 4. The van der Waals surface area contributed by atoms with Crippen molar-refractivity contribution in [3.05, 3.63) is 90.1 Å². The third kappa shape index (κ3) is 6.47. The standard InChI is InChI=1S/C36H31N5O6S/c1-46-25-9-11-28-30(19-25)48-35(38-28)22-6-4-21(5-7-22)23-14-15-37-31(18-23)39-32(42)3-2-16-47-26-8-10-27-24(17-26)20-41(36(27)45)29-12-13-33(43)40-34(29)44/h4-11,14-15,17-19,29H,2-3,12-13,16,20H2,1H3,(H,37,39,42)(H,40,43,44). The molecule has 1 saturated heterocycles. The zero-order valence-electron chi connectivity index (χ0n) is 26.0. The van der Waals surface area contributed by atoms with Crippen LogP contribution in [-0.2, 0) is 20.9 Å². The molecule has 0 radical (unpaired) electrons. The highest BCUT2D eigenvalue weighted by Gasteiger charge is 2.39. The molecular formula is C36H31N5O6S. The number of benzene rings is 3. The van der Waals surface area contributed by atoms with E-state index in [1.165, 1.54) is 4.90 Å². The molecule has 2 aromatic heterocycles. The molecule has 7 rings (SSSR count). The van der Waals surface area contributed by atoms with E-state index in [0.717, 1.165) is 43.2 Å². The van der Waals surface area contributed by atoms with Crippen LogP contribution >= 0.6 is 11.3 Å². The number of ether oxygens (including phenoxy) is 2. The van der Waals surface area contributed by atoms with Crippen LogP contribution < -0.4 is 20.1 Å². The number of hydrogen-bond acceptors (Lipinski definition) is 9. The monoisotopic (exact) mass is 661 g/mol. The lowest BCUT2D eigenvalue weighted by Crippen LogP contribution is -2.52. The molecule has 2 aliphatic heterocycles. The van der Waals surface area contributed by atoms with Gasteiger partial charge in [0.2, 0.25) is 17.7 Å². The van der Waals surface area contributed by atoms with Crippen molar-refractivity contribution in [3.8, 4) is 33.2 Å². The highest BCUT2D eigenvalue weighted by molar-refractivity contribution is 7.21. The number of thiazole rings is 1. The van der Waals surface area contributed by atoms with E-state index in [1.807, 2.05) is 54.6 Å². The first-order valence-corrected chi connectivity index (χ1v) is 16.4. The van der Waals surface area contributed by atoms with Gasteiger partial charge in [-0.3, -0.25) is 24.5 Å². The summed E-state index contributed by atoms with van der Waals surface area (Å²) in [5.74, 6) is 0.678. The molecule has 4 heterocycles. The summed E-state index contributed by atoms with van der Waals surface area (Å²) in [7, 11) is 1.65. The zero-order chi connectivity index (χ0) is 33.2. The van der Waals surface area contributed by atoms with E-state index in [2.05, 4.69) is 15.6 Å². The van der Waals surface area contributed by atoms with E-state index in [9.17, 15) is 19.2 Å². The Kier molecular flexibility index (Phi) is 8.55. The minimum absolute atomic E-state index is 0.175. The fourth-order valence-corrected chi connectivity index (χ4v) is 6.91. The lowest BCUT2D eigenvalue weighted by atomic mass is 10.0. The van der Waals surface area contributed by atoms with Crippen LogP contribution in [0.4, 0.5) is 5.82 Å². The summed E-state index contributed by atoms with van der Waals surface area (Å²) in [6.45, 7) is 0.578. The molecule has 48 heavy (non-hydrogen) atoms. The number of rotatable bonds is 10. The van der Waals surface area contributed by atoms with Crippen molar-refractivity contribution in [1.29, 1.82) is 0 Å². The number of amides is 4. The van der Waals surface area contributed by atoms with E-state index in [-0.39, 0.29) is 37.1 Å². The summed E-state index contributed by atoms with van der Waals surface area (Å²) >= 11 is 1.61. The Bertz CT molecular complexity index is 2060. The largest absolute Gasteiger partial charge is 0.497 e. The van der Waals surface area contributed by atoms with Crippen LogP contribution in [0, 0.1) is 0 Å². The molecule has 0 spiro atoms. The van der Waals surface area contributed by atoms with Crippen LogP contribution in [0.25, 0.3) is 31.9 Å². The molecule has 2 aliphatic rings. The Morgan fingerprint density at radius 2 is 1.79 bits per heavy atom. The van der Waals surface area contributed by atoms with E-state index >= 15 is 0 Å². The van der Waals surface area contributed by atoms with Crippen LogP contribution in [0.1, 0.15) is 41.6 Å². The zero-order valence-corrected chi connectivity index (χ0v) is 26.8. The average molecular weight is 662 g/mol. The number of aromatic nitrogens is 2. The third-order valence-corrected chi connectivity index (χ3v) is 9.47. The lowest BCUT2D eigenvalue weighted by Gasteiger charge is -2.29. The number of imide groups is 1. The fourth-order valence-electron chi connectivity index (χ4n) is 5.91. The van der Waals surface area contributed by atoms with Crippen LogP contribution in [0.2, 0.25) is 0 Å². The van der Waals surface area contributed by atoms with Gasteiger partial charge in [0.25, 0.3) is 5.91 Å². The Hall–Kier alpha value is -5.62. The Labute approximate surface area is 279 Å². The summed E-state index contributed by atoms with van der Waals surface area (Å²) in [5.41, 5.74) is 5.15. The first-order valence-electron chi connectivity index (χ1n) is 15.6. The molecule has 0 bridgehead atoms. The number of methoxy groups -OCH3 is 1. The number of nitrogens with one attached hydrogen (secondary N) is 2. The van der Waals surface area contributed by atoms with Gasteiger partial charge in [-0.25, -0.2) is 9.97 Å². The number of hydrogen-bond donors (Lipinski definition) is 2. The predicted octanol–water partition coefficient (Wildman–Crippen LogP) is 5.59. The number of pyridine rings is 1. The van der Waals surface area contributed by atoms with Crippen molar-refractivity contribution in [1.82, 2.24) is 20.2 Å². The van der Waals surface area contributed by atoms with E-state index in [1.54, 1.807) is 42.8 Å².